The number of rotatable bonds is 8. The first-order chi connectivity index (χ1) is 19.6. The number of nitrogens with zero attached hydrogens (tertiary/aromatic N) is 1. The Kier molecular flexibility index (Phi) is 7.31. The number of halogens is 3. The molecular formula is C32H28Cl3NO5. The van der Waals surface area contributed by atoms with E-state index < -0.39 is 11.6 Å². The van der Waals surface area contributed by atoms with Crippen molar-refractivity contribution >= 4 is 40.8 Å². The SMILES string of the molecule is Cc1cc(C2CC(O)(c3ccc(OCc4c(-c5c(Cl)cccc5Cl)noc4C4CC4)cc3Cl)C2)cc(C)c1C(=O)O. The summed E-state index contributed by atoms with van der Waals surface area (Å²) in [5, 5.41) is 26.6. The summed E-state index contributed by atoms with van der Waals surface area (Å²) in [5.74, 6) is 0.818. The molecule has 6 rings (SSSR count). The zero-order valence-electron chi connectivity index (χ0n) is 22.5. The highest BCUT2D eigenvalue weighted by atomic mass is 35.5. The Morgan fingerprint density at radius 1 is 1.00 bits per heavy atom. The molecule has 0 spiro atoms. The minimum absolute atomic E-state index is 0.108. The lowest BCUT2D eigenvalue weighted by atomic mass is 9.64. The predicted molar refractivity (Wildman–Crippen MR) is 158 cm³/mol. The van der Waals surface area contributed by atoms with Crippen molar-refractivity contribution in [2.45, 2.75) is 63.6 Å². The van der Waals surface area contributed by atoms with E-state index in [1.54, 1.807) is 50.2 Å². The molecule has 3 aromatic carbocycles. The molecule has 2 fully saturated rings. The van der Waals surface area contributed by atoms with Gasteiger partial charge in [0.2, 0.25) is 0 Å². The van der Waals surface area contributed by atoms with E-state index in [0.717, 1.165) is 40.9 Å². The van der Waals surface area contributed by atoms with Crippen LogP contribution in [0.25, 0.3) is 11.3 Å². The van der Waals surface area contributed by atoms with Crippen LogP contribution in [-0.4, -0.2) is 21.3 Å². The zero-order chi connectivity index (χ0) is 29.1. The molecule has 0 atom stereocenters. The molecule has 2 saturated carbocycles. The zero-order valence-corrected chi connectivity index (χ0v) is 24.8. The van der Waals surface area contributed by atoms with Crippen molar-refractivity contribution < 1.29 is 24.3 Å². The fraction of sp³-hybridized carbons (Fsp3) is 0.312. The van der Waals surface area contributed by atoms with Crippen molar-refractivity contribution in [3.05, 3.63) is 103 Å². The van der Waals surface area contributed by atoms with Crippen LogP contribution in [0.4, 0.5) is 0 Å². The van der Waals surface area contributed by atoms with Gasteiger partial charge in [-0.1, -0.05) is 64.2 Å². The minimum atomic E-state index is -1.07. The molecule has 0 unspecified atom stereocenters. The van der Waals surface area contributed by atoms with Gasteiger partial charge in [0.25, 0.3) is 0 Å². The molecule has 212 valence electrons. The molecule has 2 N–H and O–H groups in total. The second-order valence-electron chi connectivity index (χ2n) is 11.1. The average Bonchev–Trinajstić information content (AvgIpc) is 3.65. The third-order valence-electron chi connectivity index (χ3n) is 8.20. The molecule has 2 aliphatic rings. The van der Waals surface area contributed by atoms with Crippen molar-refractivity contribution in [1.82, 2.24) is 5.16 Å². The third kappa shape index (κ3) is 5.23. The normalized spacial score (nSPS) is 20.1. The summed E-state index contributed by atoms with van der Waals surface area (Å²) in [6.45, 7) is 3.80. The number of ether oxygens (including phenoxy) is 1. The number of carboxylic acids is 1. The monoisotopic (exact) mass is 611 g/mol. The van der Waals surface area contributed by atoms with Gasteiger partial charge in [0, 0.05) is 17.0 Å². The van der Waals surface area contributed by atoms with Gasteiger partial charge in [-0.15, -0.1) is 0 Å². The topological polar surface area (TPSA) is 92.8 Å². The van der Waals surface area contributed by atoms with E-state index >= 15 is 0 Å². The summed E-state index contributed by atoms with van der Waals surface area (Å²) in [6, 6.07) is 14.4. The van der Waals surface area contributed by atoms with Crippen molar-refractivity contribution in [2.24, 2.45) is 0 Å². The highest BCUT2D eigenvalue weighted by Crippen LogP contribution is 2.53. The molecule has 0 bridgehead atoms. The highest BCUT2D eigenvalue weighted by Gasteiger charge is 2.46. The lowest BCUT2D eigenvalue weighted by Crippen LogP contribution is -2.40. The molecule has 0 radical (unpaired) electrons. The Hall–Kier alpha value is -3.03. The van der Waals surface area contributed by atoms with Crippen molar-refractivity contribution in [2.75, 3.05) is 0 Å². The Labute approximate surface area is 252 Å². The second-order valence-corrected chi connectivity index (χ2v) is 12.4. The van der Waals surface area contributed by atoms with Crippen LogP contribution < -0.4 is 4.74 Å². The van der Waals surface area contributed by atoms with Crippen LogP contribution in [0.1, 0.15) is 81.5 Å². The number of hydrogen-bond acceptors (Lipinski definition) is 5. The van der Waals surface area contributed by atoms with Crippen LogP contribution in [0.15, 0.2) is 53.1 Å². The van der Waals surface area contributed by atoms with Crippen LogP contribution in [-0.2, 0) is 12.2 Å². The van der Waals surface area contributed by atoms with Crippen LogP contribution in [0, 0.1) is 13.8 Å². The second kappa shape index (κ2) is 10.7. The quantitative estimate of drug-likeness (QED) is 0.206. The van der Waals surface area contributed by atoms with Gasteiger partial charge in [-0.3, -0.25) is 0 Å². The molecule has 1 heterocycles. The Morgan fingerprint density at radius 2 is 1.66 bits per heavy atom. The van der Waals surface area contributed by atoms with Gasteiger partial charge in [0.1, 0.15) is 23.8 Å². The van der Waals surface area contributed by atoms with Gasteiger partial charge in [0.15, 0.2) is 0 Å². The van der Waals surface area contributed by atoms with Gasteiger partial charge in [-0.05, 0) is 86.4 Å². The summed E-state index contributed by atoms with van der Waals surface area (Å²) in [6.07, 6.45) is 3.04. The van der Waals surface area contributed by atoms with Crippen LogP contribution in [0.2, 0.25) is 15.1 Å². The number of aryl methyl sites for hydroxylation is 2. The molecule has 0 amide bonds. The van der Waals surface area contributed by atoms with Gasteiger partial charge in [0.05, 0.1) is 31.8 Å². The summed E-state index contributed by atoms with van der Waals surface area (Å²) >= 11 is 19.6. The van der Waals surface area contributed by atoms with Gasteiger partial charge < -0.3 is 19.5 Å². The number of carboxylic acid groups (broad SMARTS) is 1. The fourth-order valence-electron chi connectivity index (χ4n) is 5.95. The first kappa shape index (κ1) is 28.1. The summed E-state index contributed by atoms with van der Waals surface area (Å²) in [5.41, 5.74) is 4.37. The van der Waals surface area contributed by atoms with Crippen LogP contribution >= 0.6 is 34.8 Å². The van der Waals surface area contributed by atoms with E-state index in [1.807, 2.05) is 12.1 Å². The maximum absolute atomic E-state index is 11.5. The average molecular weight is 613 g/mol. The summed E-state index contributed by atoms with van der Waals surface area (Å²) in [7, 11) is 0. The third-order valence-corrected chi connectivity index (χ3v) is 9.14. The number of benzene rings is 3. The molecule has 0 aliphatic heterocycles. The smallest absolute Gasteiger partial charge is 0.336 e. The Bertz CT molecular complexity index is 1630. The maximum Gasteiger partial charge on any atom is 0.336 e. The predicted octanol–water partition coefficient (Wildman–Crippen LogP) is 8.84. The molecular weight excluding hydrogens is 585 g/mol. The first-order valence-corrected chi connectivity index (χ1v) is 14.6. The lowest BCUT2D eigenvalue weighted by molar-refractivity contribution is -0.0549. The van der Waals surface area contributed by atoms with Crippen molar-refractivity contribution in [1.29, 1.82) is 0 Å². The fourth-order valence-corrected chi connectivity index (χ4v) is 6.87. The molecule has 4 aromatic rings. The van der Waals surface area contributed by atoms with E-state index in [2.05, 4.69) is 5.16 Å². The van der Waals surface area contributed by atoms with E-state index in [0.29, 0.717) is 62.0 Å². The highest BCUT2D eigenvalue weighted by molar-refractivity contribution is 6.39. The van der Waals surface area contributed by atoms with Crippen LogP contribution in [0.3, 0.4) is 0 Å². The number of aliphatic hydroxyl groups is 1. The largest absolute Gasteiger partial charge is 0.489 e. The molecule has 0 saturated heterocycles. The van der Waals surface area contributed by atoms with Gasteiger partial charge >= 0.3 is 5.97 Å². The molecule has 6 nitrogen and oxygen atoms in total. The number of aromatic carboxylic acids is 1. The first-order valence-electron chi connectivity index (χ1n) is 13.5. The molecule has 1 aromatic heterocycles. The van der Waals surface area contributed by atoms with E-state index in [9.17, 15) is 15.0 Å². The van der Waals surface area contributed by atoms with Crippen molar-refractivity contribution in [3.8, 4) is 17.0 Å². The van der Waals surface area contributed by atoms with E-state index in [1.165, 1.54) is 0 Å². The van der Waals surface area contributed by atoms with Gasteiger partial charge in [-0.25, -0.2) is 4.79 Å². The molecule has 2 aliphatic carbocycles. The standard InChI is InChI=1S/C32H28Cl3NO5/c1-16-10-19(11-17(2)27(16)31(37)38)20-13-32(39,14-20)23-9-8-21(12-26(23)35)40-15-22-29(36-41-30(22)18-6-7-18)28-24(33)4-3-5-25(28)34/h3-5,8-12,18,20,39H,6-7,13-15H2,1-2H3,(H,37,38). The maximum atomic E-state index is 11.5. The van der Waals surface area contributed by atoms with E-state index in [4.69, 9.17) is 44.1 Å². The molecule has 41 heavy (non-hydrogen) atoms. The van der Waals surface area contributed by atoms with Crippen LogP contribution in [0.5, 0.6) is 5.75 Å². The van der Waals surface area contributed by atoms with Gasteiger partial charge in [-0.2, -0.15) is 0 Å². The Morgan fingerprint density at radius 3 is 2.24 bits per heavy atom. The summed E-state index contributed by atoms with van der Waals surface area (Å²) < 4.78 is 11.9. The number of aromatic nitrogens is 1. The number of hydrogen-bond donors (Lipinski definition) is 2. The summed E-state index contributed by atoms with van der Waals surface area (Å²) in [4.78, 5) is 11.5. The minimum Gasteiger partial charge on any atom is -0.489 e. The number of carbonyl (C=O) groups is 1. The Balaban J connectivity index is 1.19. The van der Waals surface area contributed by atoms with Crippen molar-refractivity contribution in [3.63, 3.8) is 0 Å². The van der Waals surface area contributed by atoms with E-state index in [-0.39, 0.29) is 12.5 Å². The molecule has 9 heteroatoms. The lowest BCUT2D eigenvalue weighted by Gasteiger charge is -2.45.